The molecule has 5 N–H and O–H groups in total. The number of nitrogens with one attached hydrogen (secondary N) is 3. The zero-order valence-electron chi connectivity index (χ0n) is 12.2. The van der Waals surface area contributed by atoms with Crippen LogP contribution in [0.3, 0.4) is 0 Å². The van der Waals surface area contributed by atoms with Crippen molar-refractivity contribution in [1.82, 2.24) is 15.6 Å². The molecule has 7 nitrogen and oxygen atoms in total. The molecule has 0 bridgehead atoms. The molecule has 21 heavy (non-hydrogen) atoms. The number of hydrogen-bond acceptors (Lipinski definition) is 6. The van der Waals surface area contributed by atoms with Gasteiger partial charge in [0, 0.05) is 12.6 Å². The fourth-order valence-corrected chi connectivity index (χ4v) is 2.50. The second-order valence-electron chi connectivity index (χ2n) is 5.14. The maximum Gasteiger partial charge on any atom is 0.265 e. The molecule has 1 atom stereocenters. The van der Waals surface area contributed by atoms with Crippen molar-refractivity contribution in [3.63, 3.8) is 0 Å². The molecule has 1 aliphatic rings. The third-order valence-electron chi connectivity index (χ3n) is 3.05. The van der Waals surface area contributed by atoms with Gasteiger partial charge in [0.25, 0.3) is 5.91 Å². The van der Waals surface area contributed by atoms with E-state index in [0.29, 0.717) is 10.0 Å². The molecule has 2 rings (SSSR count). The summed E-state index contributed by atoms with van der Waals surface area (Å²) in [4.78, 5) is 28.4. The summed E-state index contributed by atoms with van der Waals surface area (Å²) < 4.78 is 0. The molecule has 1 heterocycles. The first-order valence-electron chi connectivity index (χ1n) is 7.12. The molecule has 116 valence electrons. The minimum absolute atomic E-state index is 0.168. The monoisotopic (exact) mass is 311 g/mol. The van der Waals surface area contributed by atoms with Crippen LogP contribution in [0.25, 0.3) is 0 Å². The molecular weight excluding hydrogens is 290 g/mol. The van der Waals surface area contributed by atoms with Gasteiger partial charge in [0.05, 0.1) is 0 Å². The number of amides is 2. The minimum atomic E-state index is -0.591. The van der Waals surface area contributed by atoms with E-state index in [-0.39, 0.29) is 23.7 Å². The second-order valence-corrected chi connectivity index (χ2v) is 6.14. The third kappa shape index (κ3) is 4.32. The average molecular weight is 311 g/mol. The van der Waals surface area contributed by atoms with Crippen LogP contribution in [0.5, 0.6) is 0 Å². The first kappa shape index (κ1) is 15.6. The molecule has 0 saturated heterocycles. The summed E-state index contributed by atoms with van der Waals surface area (Å²) in [6.45, 7) is 4.47. The number of nitrogen functional groups attached to an aromatic ring is 1. The lowest BCUT2D eigenvalue weighted by Gasteiger charge is -2.13. The molecule has 0 spiro atoms. The standard InChI is InChI=1S/C13H21N5O2S/c1-3-6-15-13-18-10(14)9(21-13)12(20)16-7(2)11(19)17-8-4-5-8/h7-8H,3-6,14H2,1-2H3,(H,15,18)(H,16,20)(H,17,19). The fraction of sp³-hybridized carbons (Fsp3) is 0.615. The van der Waals surface area contributed by atoms with Gasteiger partial charge in [-0.3, -0.25) is 9.59 Å². The Morgan fingerprint density at radius 3 is 2.81 bits per heavy atom. The number of nitrogens with zero attached hydrogens (tertiary/aromatic N) is 1. The van der Waals surface area contributed by atoms with Crippen molar-refractivity contribution in [3.05, 3.63) is 4.88 Å². The van der Waals surface area contributed by atoms with Gasteiger partial charge in [-0.2, -0.15) is 0 Å². The van der Waals surface area contributed by atoms with Gasteiger partial charge in [-0.05, 0) is 26.2 Å². The highest BCUT2D eigenvalue weighted by molar-refractivity contribution is 7.18. The highest BCUT2D eigenvalue weighted by atomic mass is 32.1. The predicted molar refractivity (Wildman–Crippen MR) is 83.4 cm³/mol. The van der Waals surface area contributed by atoms with Gasteiger partial charge < -0.3 is 21.7 Å². The van der Waals surface area contributed by atoms with Gasteiger partial charge in [-0.1, -0.05) is 18.3 Å². The molecule has 1 aromatic heterocycles. The largest absolute Gasteiger partial charge is 0.382 e. The molecule has 0 radical (unpaired) electrons. The maximum absolute atomic E-state index is 12.1. The van der Waals surface area contributed by atoms with Crippen molar-refractivity contribution in [2.75, 3.05) is 17.6 Å². The minimum Gasteiger partial charge on any atom is -0.382 e. The zero-order valence-corrected chi connectivity index (χ0v) is 13.0. The summed E-state index contributed by atoms with van der Waals surface area (Å²) >= 11 is 1.20. The number of hydrogen-bond donors (Lipinski definition) is 4. The van der Waals surface area contributed by atoms with E-state index in [0.717, 1.165) is 25.8 Å². The zero-order chi connectivity index (χ0) is 15.4. The van der Waals surface area contributed by atoms with Crippen molar-refractivity contribution >= 4 is 34.1 Å². The van der Waals surface area contributed by atoms with Crippen molar-refractivity contribution in [2.24, 2.45) is 0 Å². The lowest BCUT2D eigenvalue weighted by Crippen LogP contribution is -2.45. The molecule has 1 aliphatic carbocycles. The second kappa shape index (κ2) is 6.75. The van der Waals surface area contributed by atoms with E-state index < -0.39 is 6.04 Å². The van der Waals surface area contributed by atoms with Gasteiger partial charge >= 0.3 is 0 Å². The molecule has 8 heteroatoms. The van der Waals surface area contributed by atoms with Gasteiger partial charge in [0.2, 0.25) is 5.91 Å². The molecule has 0 aromatic carbocycles. The van der Waals surface area contributed by atoms with Crippen molar-refractivity contribution in [2.45, 2.75) is 45.2 Å². The van der Waals surface area contributed by atoms with Crippen LogP contribution in [0.4, 0.5) is 10.9 Å². The Labute approximate surface area is 127 Å². The summed E-state index contributed by atoms with van der Waals surface area (Å²) in [6, 6.07) is -0.318. The normalized spacial score (nSPS) is 15.3. The summed E-state index contributed by atoms with van der Waals surface area (Å²) in [5, 5.41) is 9.21. The van der Waals surface area contributed by atoms with Crippen LogP contribution in [-0.4, -0.2) is 35.4 Å². The highest BCUT2D eigenvalue weighted by Gasteiger charge is 2.27. The Hall–Kier alpha value is -1.83. The van der Waals surface area contributed by atoms with E-state index in [1.807, 2.05) is 6.92 Å². The van der Waals surface area contributed by atoms with E-state index in [1.54, 1.807) is 6.92 Å². The summed E-state index contributed by atoms with van der Waals surface area (Å²) in [5.41, 5.74) is 5.75. The molecule has 1 fully saturated rings. The van der Waals surface area contributed by atoms with Crippen LogP contribution in [0, 0.1) is 0 Å². The number of thiazole rings is 1. The van der Waals surface area contributed by atoms with Crippen molar-refractivity contribution < 1.29 is 9.59 Å². The van der Waals surface area contributed by atoms with E-state index in [2.05, 4.69) is 20.9 Å². The number of anilines is 2. The van der Waals surface area contributed by atoms with Gasteiger partial charge in [-0.25, -0.2) is 4.98 Å². The van der Waals surface area contributed by atoms with Gasteiger partial charge in [0.15, 0.2) is 5.13 Å². The Balaban J connectivity index is 1.92. The SMILES string of the molecule is CCCNc1nc(N)c(C(=O)NC(C)C(=O)NC2CC2)s1. The average Bonchev–Trinajstić information content (AvgIpc) is 3.17. The van der Waals surface area contributed by atoms with Crippen LogP contribution in [0.1, 0.15) is 42.8 Å². The number of aromatic nitrogens is 1. The quantitative estimate of drug-likeness (QED) is 0.599. The van der Waals surface area contributed by atoms with E-state index >= 15 is 0 Å². The summed E-state index contributed by atoms with van der Waals surface area (Å²) in [6.07, 6.45) is 2.99. The fourth-order valence-electron chi connectivity index (χ4n) is 1.68. The van der Waals surface area contributed by atoms with Crippen molar-refractivity contribution in [1.29, 1.82) is 0 Å². The van der Waals surface area contributed by atoms with Crippen molar-refractivity contribution in [3.8, 4) is 0 Å². The number of carbonyl (C=O) groups excluding carboxylic acids is 2. The van der Waals surface area contributed by atoms with Crippen LogP contribution < -0.4 is 21.7 Å². The Morgan fingerprint density at radius 1 is 1.48 bits per heavy atom. The Morgan fingerprint density at radius 2 is 2.19 bits per heavy atom. The van der Waals surface area contributed by atoms with Gasteiger partial charge in [-0.15, -0.1) is 0 Å². The Bertz CT molecular complexity index is 527. The summed E-state index contributed by atoms with van der Waals surface area (Å²) in [5.74, 6) is -0.350. The number of carbonyl (C=O) groups is 2. The molecule has 2 amide bonds. The smallest absolute Gasteiger partial charge is 0.265 e. The lowest BCUT2D eigenvalue weighted by molar-refractivity contribution is -0.122. The number of rotatable bonds is 7. The molecule has 1 unspecified atom stereocenters. The molecule has 0 aliphatic heterocycles. The molecular formula is C13H21N5O2S. The van der Waals surface area contributed by atoms with Crippen LogP contribution in [0.15, 0.2) is 0 Å². The highest BCUT2D eigenvalue weighted by Crippen LogP contribution is 2.25. The topological polar surface area (TPSA) is 109 Å². The molecule has 1 saturated carbocycles. The van der Waals surface area contributed by atoms with Crippen LogP contribution >= 0.6 is 11.3 Å². The van der Waals surface area contributed by atoms with Gasteiger partial charge in [0.1, 0.15) is 16.7 Å². The Kier molecular flexibility index (Phi) is 5.00. The van der Waals surface area contributed by atoms with E-state index in [1.165, 1.54) is 11.3 Å². The maximum atomic E-state index is 12.1. The van der Waals surface area contributed by atoms with E-state index in [9.17, 15) is 9.59 Å². The van der Waals surface area contributed by atoms with E-state index in [4.69, 9.17) is 5.73 Å². The summed E-state index contributed by atoms with van der Waals surface area (Å²) in [7, 11) is 0. The van der Waals surface area contributed by atoms with Crippen LogP contribution in [-0.2, 0) is 4.79 Å². The predicted octanol–water partition coefficient (Wildman–Crippen LogP) is 0.944. The molecule has 1 aromatic rings. The first-order chi connectivity index (χ1) is 10.0. The first-order valence-corrected chi connectivity index (χ1v) is 7.94. The number of nitrogens with two attached hydrogens (primary N) is 1. The lowest BCUT2D eigenvalue weighted by atomic mass is 10.3. The van der Waals surface area contributed by atoms with Crippen LogP contribution in [0.2, 0.25) is 0 Å². The third-order valence-corrected chi connectivity index (χ3v) is 4.08.